The average Bonchev–Trinajstić information content (AvgIpc) is 2.51. The number of hydrogen-bond donors (Lipinski definition) is 0. The topological polar surface area (TPSA) is 54.0 Å². The van der Waals surface area contributed by atoms with E-state index in [1.54, 1.807) is 0 Å². The number of ether oxygens (including phenoxy) is 1. The summed E-state index contributed by atoms with van der Waals surface area (Å²) in [7, 11) is -2.66. The van der Waals surface area contributed by atoms with Crippen molar-refractivity contribution in [3.8, 4) is 0 Å². The number of carbonyl (C=O) groups excluding carboxylic acids is 1. The smallest absolute Gasteiger partial charge is 0.462 e. The highest BCUT2D eigenvalue weighted by Gasteiger charge is 2.39. The SMILES string of the molecule is CCO[Si](CCCOC(=O)c1cc(I)cc(I)c1)(OCC)OCC. The molecule has 1 aromatic carbocycles. The molecule has 1 aromatic rings. The van der Waals surface area contributed by atoms with Crippen LogP contribution in [0.5, 0.6) is 0 Å². The molecule has 24 heavy (non-hydrogen) atoms. The summed E-state index contributed by atoms with van der Waals surface area (Å²) in [5.74, 6) is -0.303. The lowest BCUT2D eigenvalue weighted by molar-refractivity contribution is 0.0468. The lowest BCUT2D eigenvalue weighted by Gasteiger charge is -2.28. The average molecular weight is 578 g/mol. The number of rotatable bonds is 11. The Morgan fingerprint density at radius 1 is 0.958 bits per heavy atom. The van der Waals surface area contributed by atoms with E-state index in [2.05, 4.69) is 45.2 Å². The Morgan fingerprint density at radius 2 is 1.46 bits per heavy atom. The van der Waals surface area contributed by atoms with E-state index in [-0.39, 0.29) is 5.97 Å². The van der Waals surface area contributed by atoms with Crippen molar-refractivity contribution in [3.05, 3.63) is 30.9 Å². The van der Waals surface area contributed by atoms with Crippen molar-refractivity contribution in [1.29, 1.82) is 0 Å². The summed E-state index contributed by atoms with van der Waals surface area (Å²) in [6.45, 7) is 7.75. The Morgan fingerprint density at radius 3 is 1.92 bits per heavy atom. The summed E-state index contributed by atoms with van der Waals surface area (Å²) >= 11 is 4.38. The molecule has 0 fully saturated rings. The number of benzene rings is 1. The summed E-state index contributed by atoms with van der Waals surface area (Å²) in [5, 5.41) is 0. The Hall–Kier alpha value is 0.247. The fourth-order valence-electron chi connectivity index (χ4n) is 2.21. The van der Waals surface area contributed by atoms with Crippen molar-refractivity contribution in [3.63, 3.8) is 0 Å². The third-order valence-corrected chi connectivity index (χ3v) is 7.45. The van der Waals surface area contributed by atoms with Gasteiger partial charge in [-0.3, -0.25) is 0 Å². The molecule has 0 aliphatic carbocycles. The van der Waals surface area contributed by atoms with E-state index in [9.17, 15) is 4.79 Å². The van der Waals surface area contributed by atoms with Gasteiger partial charge in [-0.05, 0) is 90.6 Å². The van der Waals surface area contributed by atoms with Crippen molar-refractivity contribution in [1.82, 2.24) is 0 Å². The number of halogens is 2. The zero-order chi connectivity index (χ0) is 18.0. The van der Waals surface area contributed by atoms with E-state index in [1.807, 2.05) is 39.0 Å². The van der Waals surface area contributed by atoms with Crippen LogP contribution in [-0.2, 0) is 18.0 Å². The quantitative estimate of drug-likeness (QED) is 0.168. The Bertz CT molecular complexity index is 490. The second-order valence-corrected chi connectivity index (χ2v) is 10.1. The van der Waals surface area contributed by atoms with Gasteiger partial charge in [0.15, 0.2) is 0 Å². The molecule has 0 radical (unpaired) electrons. The fraction of sp³-hybridized carbons (Fsp3) is 0.562. The minimum atomic E-state index is -2.66. The van der Waals surface area contributed by atoms with Crippen molar-refractivity contribution in [2.24, 2.45) is 0 Å². The van der Waals surface area contributed by atoms with Crippen molar-refractivity contribution in [2.45, 2.75) is 33.2 Å². The second kappa shape index (κ2) is 11.8. The van der Waals surface area contributed by atoms with E-state index in [1.165, 1.54) is 0 Å². The Labute approximate surface area is 172 Å². The van der Waals surface area contributed by atoms with Crippen LogP contribution in [0.2, 0.25) is 6.04 Å². The molecule has 0 spiro atoms. The van der Waals surface area contributed by atoms with Gasteiger partial charge in [0.05, 0.1) is 12.2 Å². The molecule has 5 nitrogen and oxygen atoms in total. The van der Waals surface area contributed by atoms with Gasteiger partial charge in [-0.2, -0.15) is 0 Å². The molecule has 0 amide bonds. The third kappa shape index (κ3) is 7.64. The Balaban J connectivity index is 2.53. The molecule has 0 unspecified atom stereocenters. The first-order valence-electron chi connectivity index (χ1n) is 8.01. The number of esters is 1. The zero-order valence-corrected chi connectivity index (χ0v) is 19.6. The molecule has 0 atom stereocenters. The Kier molecular flexibility index (Phi) is 10.9. The maximum absolute atomic E-state index is 12.1. The predicted octanol–water partition coefficient (Wildman–Crippen LogP) is 4.49. The molecule has 0 aliphatic rings. The van der Waals surface area contributed by atoms with Gasteiger partial charge in [0.25, 0.3) is 0 Å². The van der Waals surface area contributed by atoms with Crippen LogP contribution in [0.15, 0.2) is 18.2 Å². The fourth-order valence-corrected chi connectivity index (χ4v) is 6.73. The molecular formula is C16H24I2O5Si. The summed E-state index contributed by atoms with van der Waals surface area (Å²) in [6.07, 6.45) is 0.652. The maximum Gasteiger partial charge on any atom is 0.501 e. The van der Waals surface area contributed by atoms with Crippen LogP contribution in [0, 0.1) is 7.14 Å². The molecule has 0 aliphatic heterocycles. The van der Waals surface area contributed by atoms with Crippen LogP contribution in [0.4, 0.5) is 0 Å². The van der Waals surface area contributed by atoms with Crippen LogP contribution in [0.25, 0.3) is 0 Å². The van der Waals surface area contributed by atoms with Crippen LogP contribution in [-0.4, -0.2) is 41.2 Å². The molecular weight excluding hydrogens is 554 g/mol. The van der Waals surface area contributed by atoms with Crippen molar-refractivity contribution >= 4 is 60.0 Å². The molecule has 0 saturated heterocycles. The second-order valence-electron chi connectivity index (χ2n) is 4.88. The summed E-state index contributed by atoms with van der Waals surface area (Å²) < 4.78 is 24.8. The summed E-state index contributed by atoms with van der Waals surface area (Å²) in [4.78, 5) is 12.1. The summed E-state index contributed by atoms with van der Waals surface area (Å²) in [6, 6.07) is 6.29. The first kappa shape index (κ1) is 22.3. The molecule has 0 heterocycles. The molecule has 8 heteroatoms. The van der Waals surface area contributed by atoms with Crippen molar-refractivity contribution in [2.75, 3.05) is 26.4 Å². The van der Waals surface area contributed by atoms with Crippen LogP contribution < -0.4 is 0 Å². The standard InChI is InChI=1S/C16H24I2O5Si/c1-4-21-24(22-5-2,23-6-3)9-7-8-20-16(19)13-10-14(17)12-15(18)11-13/h10-12H,4-9H2,1-3H3. The van der Waals surface area contributed by atoms with E-state index in [0.717, 1.165) is 7.14 Å². The van der Waals surface area contributed by atoms with E-state index in [4.69, 9.17) is 18.0 Å². The van der Waals surface area contributed by atoms with Gasteiger partial charge in [0.2, 0.25) is 0 Å². The summed E-state index contributed by atoms with van der Waals surface area (Å²) in [5.41, 5.74) is 0.578. The number of carbonyl (C=O) groups is 1. The van der Waals surface area contributed by atoms with Gasteiger partial charge < -0.3 is 18.0 Å². The van der Waals surface area contributed by atoms with Crippen LogP contribution in [0.3, 0.4) is 0 Å². The highest BCUT2D eigenvalue weighted by atomic mass is 127. The first-order valence-corrected chi connectivity index (χ1v) is 12.1. The first-order chi connectivity index (χ1) is 11.5. The van der Waals surface area contributed by atoms with Crippen LogP contribution >= 0.6 is 45.2 Å². The normalized spacial score (nSPS) is 11.5. The lowest BCUT2D eigenvalue weighted by Crippen LogP contribution is -2.46. The monoisotopic (exact) mass is 578 g/mol. The van der Waals surface area contributed by atoms with Crippen LogP contribution in [0.1, 0.15) is 37.6 Å². The van der Waals surface area contributed by atoms with Gasteiger partial charge in [0.1, 0.15) is 0 Å². The van der Waals surface area contributed by atoms with E-state index in [0.29, 0.717) is 44.5 Å². The zero-order valence-electron chi connectivity index (χ0n) is 14.3. The predicted molar refractivity (Wildman–Crippen MR) is 112 cm³/mol. The molecule has 136 valence electrons. The highest BCUT2D eigenvalue weighted by Crippen LogP contribution is 2.19. The highest BCUT2D eigenvalue weighted by molar-refractivity contribution is 14.1. The minimum absolute atomic E-state index is 0.303. The van der Waals surface area contributed by atoms with Gasteiger partial charge in [-0.1, -0.05) is 0 Å². The minimum Gasteiger partial charge on any atom is -0.462 e. The molecule has 0 saturated carbocycles. The molecule has 0 N–H and O–H groups in total. The maximum atomic E-state index is 12.1. The van der Waals surface area contributed by atoms with E-state index < -0.39 is 8.80 Å². The van der Waals surface area contributed by atoms with Gasteiger partial charge in [-0.25, -0.2) is 4.79 Å². The number of hydrogen-bond acceptors (Lipinski definition) is 5. The van der Waals surface area contributed by atoms with Gasteiger partial charge >= 0.3 is 14.8 Å². The van der Waals surface area contributed by atoms with Gasteiger partial charge in [-0.15, -0.1) is 0 Å². The molecule has 0 aromatic heterocycles. The molecule has 1 rings (SSSR count). The lowest BCUT2D eigenvalue weighted by atomic mass is 10.2. The largest absolute Gasteiger partial charge is 0.501 e. The van der Waals surface area contributed by atoms with Crippen molar-refractivity contribution < 1.29 is 22.8 Å². The van der Waals surface area contributed by atoms with E-state index >= 15 is 0 Å². The molecule has 0 bridgehead atoms. The van der Waals surface area contributed by atoms with Gasteiger partial charge in [0, 0.05) is 33.0 Å². The third-order valence-electron chi connectivity index (χ3n) is 3.05.